The first-order chi connectivity index (χ1) is 14.9. The second kappa shape index (κ2) is 8.83. The molecule has 5 N–H and O–H groups in total. The minimum atomic E-state index is -1.54. The Balaban J connectivity index is 1.57. The van der Waals surface area contributed by atoms with E-state index in [0.29, 0.717) is 11.1 Å². The molecular formula is C22H25N3O6. The van der Waals surface area contributed by atoms with Gasteiger partial charge in [-0.2, -0.15) is 0 Å². The number of hydrogen-bond donors (Lipinski definition) is 5. The van der Waals surface area contributed by atoms with Crippen LogP contribution in [0, 0.1) is 6.92 Å². The number of ether oxygens (including phenoxy) is 1. The predicted octanol–water partition coefficient (Wildman–Crippen LogP) is 0.119. The van der Waals surface area contributed by atoms with Crippen LogP contribution in [-0.2, 0) is 4.74 Å². The van der Waals surface area contributed by atoms with Gasteiger partial charge in [0.25, 0.3) is 0 Å². The molecule has 0 bridgehead atoms. The summed E-state index contributed by atoms with van der Waals surface area (Å²) in [5, 5.41) is 58.8. The molecule has 1 saturated heterocycles. The van der Waals surface area contributed by atoms with Crippen molar-refractivity contribution in [1.82, 2.24) is 15.0 Å². The number of aryl methyl sites for hydroxylation is 1. The van der Waals surface area contributed by atoms with Gasteiger partial charge in [0.2, 0.25) is 0 Å². The predicted molar refractivity (Wildman–Crippen MR) is 110 cm³/mol. The topological polar surface area (TPSA) is 141 Å². The fourth-order valence-electron chi connectivity index (χ4n) is 3.83. The number of aromatic nitrogens is 3. The lowest BCUT2D eigenvalue weighted by Crippen LogP contribution is -2.59. The second-order valence-corrected chi connectivity index (χ2v) is 7.69. The molecule has 1 aliphatic rings. The minimum Gasteiger partial charge on any atom is -0.394 e. The lowest BCUT2D eigenvalue weighted by molar-refractivity contribution is -0.250. The van der Waals surface area contributed by atoms with Crippen LogP contribution in [0.25, 0.3) is 16.9 Å². The fourth-order valence-corrected chi connectivity index (χ4v) is 3.83. The molecule has 1 aromatic heterocycles. The average molecular weight is 427 g/mol. The van der Waals surface area contributed by atoms with E-state index in [4.69, 9.17) is 4.74 Å². The van der Waals surface area contributed by atoms with Gasteiger partial charge in [0, 0.05) is 5.56 Å². The quantitative estimate of drug-likeness (QED) is 0.387. The van der Waals surface area contributed by atoms with E-state index in [-0.39, 0.29) is 0 Å². The third-order valence-electron chi connectivity index (χ3n) is 5.64. The summed E-state index contributed by atoms with van der Waals surface area (Å²) in [5.41, 5.74) is 3.59. The van der Waals surface area contributed by atoms with Crippen LogP contribution in [0.3, 0.4) is 0 Å². The molecule has 9 heteroatoms. The lowest BCUT2D eigenvalue weighted by Gasteiger charge is -2.42. The zero-order valence-corrected chi connectivity index (χ0v) is 16.9. The van der Waals surface area contributed by atoms with Crippen molar-refractivity contribution in [2.75, 3.05) is 6.61 Å². The first-order valence-corrected chi connectivity index (χ1v) is 9.98. The summed E-state index contributed by atoms with van der Waals surface area (Å²) < 4.78 is 7.11. The zero-order valence-electron chi connectivity index (χ0n) is 16.9. The maximum atomic E-state index is 10.8. The van der Waals surface area contributed by atoms with E-state index in [1.54, 1.807) is 29.9 Å². The minimum absolute atomic E-state index is 0.483. The van der Waals surface area contributed by atoms with Gasteiger partial charge in [-0.05, 0) is 30.2 Å². The molecule has 164 valence electrons. The maximum Gasteiger partial charge on any atom is 0.117 e. The Morgan fingerprint density at radius 1 is 1.03 bits per heavy atom. The molecule has 3 aromatic rings. The lowest BCUT2D eigenvalue weighted by atomic mass is 9.88. The standard InChI is InChI=1S/C22H25N3O6/c1-12-9-14(25-10-16(23-24-25)13-5-3-2-4-6-13)7-8-15(12)18(27)22-21(30)20(29)19(28)17(11-26)31-22/h2-10,17-22,26-30H,11H2,1H3/t17?,18-,19-,20?,21?,22-/m1/s1. The van der Waals surface area contributed by atoms with Crippen molar-refractivity contribution in [3.63, 3.8) is 0 Å². The monoisotopic (exact) mass is 427 g/mol. The molecule has 0 aliphatic carbocycles. The normalized spacial score (nSPS) is 27.2. The number of aliphatic hydroxyl groups excluding tert-OH is 5. The maximum absolute atomic E-state index is 10.8. The van der Waals surface area contributed by atoms with E-state index in [9.17, 15) is 25.5 Å². The number of rotatable bonds is 5. The van der Waals surface area contributed by atoms with E-state index in [1.165, 1.54) is 0 Å². The Morgan fingerprint density at radius 2 is 1.77 bits per heavy atom. The van der Waals surface area contributed by atoms with E-state index in [1.807, 2.05) is 36.4 Å². The van der Waals surface area contributed by atoms with E-state index >= 15 is 0 Å². The van der Waals surface area contributed by atoms with Crippen molar-refractivity contribution in [3.05, 3.63) is 65.9 Å². The van der Waals surface area contributed by atoms with Crippen LogP contribution in [0.15, 0.2) is 54.7 Å². The molecular weight excluding hydrogens is 402 g/mol. The smallest absolute Gasteiger partial charge is 0.117 e. The number of nitrogens with zero attached hydrogens (tertiary/aromatic N) is 3. The second-order valence-electron chi connectivity index (χ2n) is 7.69. The molecule has 1 fully saturated rings. The molecule has 1 aliphatic heterocycles. The Labute approximate surface area is 178 Å². The molecule has 3 unspecified atom stereocenters. The Hall–Kier alpha value is -2.66. The van der Waals surface area contributed by atoms with Crippen LogP contribution >= 0.6 is 0 Å². The van der Waals surface area contributed by atoms with Crippen molar-refractivity contribution in [2.45, 2.75) is 43.5 Å². The summed E-state index contributed by atoms with van der Waals surface area (Å²) >= 11 is 0. The van der Waals surface area contributed by atoms with Gasteiger partial charge in [0.15, 0.2) is 0 Å². The van der Waals surface area contributed by atoms with Gasteiger partial charge in [-0.15, -0.1) is 5.10 Å². The third-order valence-corrected chi connectivity index (χ3v) is 5.64. The summed E-state index contributed by atoms with van der Waals surface area (Å²) in [4.78, 5) is 0. The summed E-state index contributed by atoms with van der Waals surface area (Å²) in [5.74, 6) is 0. The van der Waals surface area contributed by atoms with Crippen molar-refractivity contribution >= 4 is 0 Å². The molecule has 2 aromatic carbocycles. The Morgan fingerprint density at radius 3 is 2.45 bits per heavy atom. The van der Waals surface area contributed by atoms with Crippen LogP contribution in [-0.4, -0.2) is 77.7 Å². The van der Waals surface area contributed by atoms with Crippen molar-refractivity contribution in [1.29, 1.82) is 0 Å². The van der Waals surface area contributed by atoms with Crippen LogP contribution in [0.2, 0.25) is 0 Å². The van der Waals surface area contributed by atoms with Crippen molar-refractivity contribution < 1.29 is 30.3 Å². The van der Waals surface area contributed by atoms with Crippen LogP contribution in [0.5, 0.6) is 0 Å². The van der Waals surface area contributed by atoms with Crippen LogP contribution < -0.4 is 0 Å². The highest BCUT2D eigenvalue weighted by molar-refractivity contribution is 5.58. The highest BCUT2D eigenvalue weighted by Crippen LogP contribution is 2.32. The largest absolute Gasteiger partial charge is 0.394 e. The first kappa shape index (κ1) is 21.6. The molecule has 0 spiro atoms. The molecule has 0 amide bonds. The van der Waals surface area contributed by atoms with E-state index in [2.05, 4.69) is 10.3 Å². The molecule has 0 saturated carbocycles. The third kappa shape index (κ3) is 4.11. The number of benzene rings is 2. The van der Waals surface area contributed by atoms with Crippen LogP contribution in [0.4, 0.5) is 0 Å². The van der Waals surface area contributed by atoms with Gasteiger partial charge in [-0.3, -0.25) is 0 Å². The van der Waals surface area contributed by atoms with Gasteiger partial charge in [-0.1, -0.05) is 41.6 Å². The molecule has 6 atom stereocenters. The summed E-state index contributed by atoms with van der Waals surface area (Å²) in [6.07, 6.45) is -6.31. The van der Waals surface area contributed by atoms with Gasteiger partial charge >= 0.3 is 0 Å². The van der Waals surface area contributed by atoms with Gasteiger partial charge < -0.3 is 30.3 Å². The van der Waals surface area contributed by atoms with E-state index < -0.39 is 43.2 Å². The van der Waals surface area contributed by atoms with Crippen molar-refractivity contribution in [2.24, 2.45) is 0 Å². The molecule has 31 heavy (non-hydrogen) atoms. The highest BCUT2D eigenvalue weighted by atomic mass is 16.6. The Bertz CT molecular complexity index is 1030. The van der Waals surface area contributed by atoms with Gasteiger partial charge in [-0.25, -0.2) is 4.68 Å². The van der Waals surface area contributed by atoms with Gasteiger partial charge in [0.05, 0.1) is 18.5 Å². The first-order valence-electron chi connectivity index (χ1n) is 9.98. The zero-order chi connectivity index (χ0) is 22.1. The van der Waals surface area contributed by atoms with Gasteiger partial charge in [0.1, 0.15) is 42.3 Å². The van der Waals surface area contributed by atoms with E-state index in [0.717, 1.165) is 16.9 Å². The van der Waals surface area contributed by atoms with Crippen LogP contribution in [0.1, 0.15) is 17.2 Å². The SMILES string of the molecule is Cc1cc(-n2cc(-c3ccccc3)nn2)ccc1[C@@H](O)[C@H]1OC(CO)[C@@H](O)C(O)C1O. The molecule has 9 nitrogen and oxygen atoms in total. The van der Waals surface area contributed by atoms with Crippen molar-refractivity contribution in [3.8, 4) is 16.9 Å². The molecule has 0 radical (unpaired) electrons. The molecule has 4 rings (SSSR count). The fraction of sp³-hybridized carbons (Fsp3) is 0.364. The summed E-state index contributed by atoms with van der Waals surface area (Å²) in [6.45, 7) is 1.24. The highest BCUT2D eigenvalue weighted by Gasteiger charge is 2.46. The summed E-state index contributed by atoms with van der Waals surface area (Å²) in [7, 11) is 0. The Kier molecular flexibility index (Phi) is 6.15. The average Bonchev–Trinajstić information content (AvgIpc) is 3.28. The molecule has 2 heterocycles. The number of aliphatic hydroxyl groups is 5. The summed E-state index contributed by atoms with van der Waals surface area (Å²) in [6, 6.07) is 14.9. The number of hydrogen-bond acceptors (Lipinski definition) is 8.